The lowest BCUT2D eigenvalue weighted by Gasteiger charge is -2.37. The van der Waals surface area contributed by atoms with Crippen molar-refractivity contribution in [2.75, 3.05) is 20.3 Å². The van der Waals surface area contributed by atoms with Crippen LogP contribution < -0.4 is 0 Å². The molecular formula is C22H33FO3. The average Bonchev–Trinajstić information content (AvgIpc) is 2.69. The van der Waals surface area contributed by atoms with Gasteiger partial charge >= 0.3 is 0 Å². The van der Waals surface area contributed by atoms with Crippen molar-refractivity contribution in [3.8, 4) is 0 Å². The molecule has 1 aromatic rings. The van der Waals surface area contributed by atoms with Gasteiger partial charge in [-0.15, -0.1) is 0 Å². The summed E-state index contributed by atoms with van der Waals surface area (Å²) in [6.07, 6.45) is 8.01. The van der Waals surface area contributed by atoms with Crippen LogP contribution in [0.3, 0.4) is 0 Å². The van der Waals surface area contributed by atoms with Gasteiger partial charge in [-0.2, -0.15) is 0 Å². The third kappa shape index (κ3) is 5.05. The van der Waals surface area contributed by atoms with E-state index in [9.17, 15) is 4.39 Å². The molecule has 3 nitrogen and oxygen atoms in total. The van der Waals surface area contributed by atoms with E-state index in [4.69, 9.17) is 14.2 Å². The van der Waals surface area contributed by atoms with Crippen LogP contribution in [-0.2, 0) is 20.8 Å². The number of methoxy groups -OCH3 is 1. The van der Waals surface area contributed by atoms with Crippen LogP contribution in [0.2, 0.25) is 0 Å². The number of hydrogen-bond acceptors (Lipinski definition) is 3. The largest absolute Gasteiger partial charge is 0.380 e. The molecule has 0 N–H and O–H groups in total. The standard InChI is InChI=1S/C22H33FO3/c1-3-4-5-16-13-25-22(26-14-16)18-8-6-17(7-9-18)19-10-11-20(15-24-2)21(23)12-19/h10-12,16-18,22H,3-9,13-15H2,1-2H3/t16-,17-,18-,22-. The van der Waals surface area contributed by atoms with Crippen molar-refractivity contribution in [1.29, 1.82) is 0 Å². The zero-order valence-corrected chi connectivity index (χ0v) is 16.2. The second-order valence-corrected chi connectivity index (χ2v) is 7.94. The molecule has 1 aliphatic carbocycles. The molecule has 0 radical (unpaired) electrons. The molecule has 1 saturated carbocycles. The summed E-state index contributed by atoms with van der Waals surface area (Å²) < 4.78 is 31.3. The predicted octanol–water partition coefficient (Wildman–Crippen LogP) is 5.43. The lowest BCUT2D eigenvalue weighted by molar-refractivity contribution is -0.229. The van der Waals surface area contributed by atoms with E-state index >= 15 is 0 Å². The molecule has 0 aromatic heterocycles. The van der Waals surface area contributed by atoms with Crippen LogP contribution in [0.4, 0.5) is 4.39 Å². The van der Waals surface area contributed by atoms with Gasteiger partial charge in [-0.3, -0.25) is 0 Å². The van der Waals surface area contributed by atoms with Gasteiger partial charge in [-0.25, -0.2) is 4.39 Å². The number of hydrogen-bond donors (Lipinski definition) is 0. The molecule has 2 fully saturated rings. The fourth-order valence-electron chi connectivity index (χ4n) is 4.30. The highest BCUT2D eigenvalue weighted by Crippen LogP contribution is 2.39. The van der Waals surface area contributed by atoms with Crippen molar-refractivity contribution in [2.45, 2.75) is 70.7 Å². The average molecular weight is 365 g/mol. The van der Waals surface area contributed by atoms with Gasteiger partial charge in [0.25, 0.3) is 0 Å². The summed E-state index contributed by atoms with van der Waals surface area (Å²) in [7, 11) is 1.59. The SMILES string of the molecule is CCCC[C@H]1CO[C@H]([C@H]2CC[C@H](c3ccc(COC)c(F)c3)CC2)OC1. The first-order chi connectivity index (χ1) is 12.7. The Labute approximate surface area is 157 Å². The first-order valence-corrected chi connectivity index (χ1v) is 10.2. The molecule has 26 heavy (non-hydrogen) atoms. The van der Waals surface area contributed by atoms with Crippen LogP contribution in [-0.4, -0.2) is 26.6 Å². The molecule has 0 atom stereocenters. The Hall–Kier alpha value is -0.970. The first-order valence-electron chi connectivity index (χ1n) is 10.2. The lowest BCUT2D eigenvalue weighted by atomic mass is 9.78. The maximum Gasteiger partial charge on any atom is 0.160 e. The van der Waals surface area contributed by atoms with Crippen LogP contribution in [0.25, 0.3) is 0 Å². The monoisotopic (exact) mass is 364 g/mol. The van der Waals surface area contributed by atoms with E-state index in [2.05, 4.69) is 13.0 Å². The van der Waals surface area contributed by atoms with Crippen molar-refractivity contribution in [2.24, 2.45) is 11.8 Å². The van der Waals surface area contributed by atoms with Gasteiger partial charge in [0.1, 0.15) is 5.82 Å². The zero-order valence-electron chi connectivity index (χ0n) is 16.2. The summed E-state index contributed by atoms with van der Waals surface area (Å²) in [4.78, 5) is 0. The van der Waals surface area contributed by atoms with E-state index in [1.54, 1.807) is 13.2 Å². The van der Waals surface area contributed by atoms with Crippen LogP contribution in [0.1, 0.15) is 68.9 Å². The zero-order chi connectivity index (χ0) is 18.4. The summed E-state index contributed by atoms with van der Waals surface area (Å²) >= 11 is 0. The third-order valence-corrected chi connectivity index (χ3v) is 5.96. The van der Waals surface area contributed by atoms with Crippen LogP contribution >= 0.6 is 0 Å². The fraction of sp³-hybridized carbons (Fsp3) is 0.727. The maximum atomic E-state index is 14.2. The van der Waals surface area contributed by atoms with E-state index in [1.807, 2.05) is 6.07 Å². The predicted molar refractivity (Wildman–Crippen MR) is 101 cm³/mol. The minimum atomic E-state index is -0.149. The number of unbranched alkanes of at least 4 members (excludes halogenated alkanes) is 1. The Morgan fingerprint density at radius 1 is 1.12 bits per heavy atom. The van der Waals surface area contributed by atoms with Crippen LogP contribution in [0, 0.1) is 17.7 Å². The van der Waals surface area contributed by atoms with Crippen molar-refractivity contribution < 1.29 is 18.6 Å². The molecule has 1 saturated heterocycles. The molecule has 2 aliphatic rings. The first kappa shape index (κ1) is 19.8. The minimum absolute atomic E-state index is 0.0327. The van der Waals surface area contributed by atoms with Gasteiger partial charge in [0.15, 0.2) is 6.29 Å². The van der Waals surface area contributed by atoms with Gasteiger partial charge in [0.05, 0.1) is 19.8 Å². The van der Waals surface area contributed by atoms with Crippen molar-refractivity contribution >= 4 is 0 Å². The Bertz CT molecular complexity index is 546. The molecule has 4 heteroatoms. The number of rotatable bonds is 7. The molecule has 146 valence electrons. The van der Waals surface area contributed by atoms with Gasteiger partial charge in [-0.05, 0) is 49.7 Å². The van der Waals surface area contributed by atoms with Gasteiger partial charge < -0.3 is 14.2 Å². The maximum absolute atomic E-state index is 14.2. The summed E-state index contributed by atoms with van der Waals surface area (Å²) in [5.74, 6) is 1.34. The van der Waals surface area contributed by atoms with Crippen molar-refractivity contribution in [1.82, 2.24) is 0 Å². The summed E-state index contributed by atoms with van der Waals surface area (Å²) in [5, 5.41) is 0. The summed E-state index contributed by atoms with van der Waals surface area (Å²) in [5.41, 5.74) is 1.75. The van der Waals surface area contributed by atoms with E-state index < -0.39 is 0 Å². The van der Waals surface area contributed by atoms with Crippen LogP contribution in [0.5, 0.6) is 0 Å². The van der Waals surface area contributed by atoms with Crippen molar-refractivity contribution in [3.05, 3.63) is 35.1 Å². The Balaban J connectivity index is 1.47. The van der Waals surface area contributed by atoms with Gasteiger partial charge in [-0.1, -0.05) is 31.9 Å². The summed E-state index contributed by atoms with van der Waals surface area (Å²) in [6.45, 7) is 4.24. The summed E-state index contributed by atoms with van der Waals surface area (Å²) in [6, 6.07) is 5.63. The van der Waals surface area contributed by atoms with Gasteiger partial charge in [0, 0.05) is 24.5 Å². The fourth-order valence-corrected chi connectivity index (χ4v) is 4.30. The third-order valence-electron chi connectivity index (χ3n) is 5.96. The van der Waals surface area contributed by atoms with Gasteiger partial charge in [0.2, 0.25) is 0 Å². The topological polar surface area (TPSA) is 27.7 Å². The second-order valence-electron chi connectivity index (χ2n) is 7.94. The highest BCUT2D eigenvalue weighted by Gasteiger charge is 2.32. The number of benzene rings is 1. The Morgan fingerprint density at radius 2 is 1.85 bits per heavy atom. The molecule has 3 rings (SSSR count). The number of halogens is 1. The van der Waals surface area contributed by atoms with E-state index in [-0.39, 0.29) is 12.1 Å². The molecule has 1 aromatic carbocycles. The molecule has 0 bridgehead atoms. The normalized spacial score (nSPS) is 29.7. The number of ether oxygens (including phenoxy) is 3. The van der Waals surface area contributed by atoms with E-state index in [1.165, 1.54) is 19.3 Å². The lowest BCUT2D eigenvalue weighted by Crippen LogP contribution is -2.38. The van der Waals surface area contributed by atoms with E-state index in [0.29, 0.717) is 29.9 Å². The molecule has 1 heterocycles. The van der Waals surface area contributed by atoms with E-state index in [0.717, 1.165) is 44.5 Å². The Morgan fingerprint density at radius 3 is 2.46 bits per heavy atom. The molecular weight excluding hydrogens is 331 g/mol. The smallest absolute Gasteiger partial charge is 0.160 e. The Kier molecular flexibility index (Phi) is 7.47. The highest BCUT2D eigenvalue weighted by atomic mass is 19.1. The molecule has 0 amide bonds. The molecule has 0 spiro atoms. The van der Waals surface area contributed by atoms with Crippen molar-refractivity contribution in [3.63, 3.8) is 0 Å². The van der Waals surface area contributed by atoms with Crippen LogP contribution in [0.15, 0.2) is 18.2 Å². The molecule has 0 unspecified atom stereocenters. The molecule has 1 aliphatic heterocycles. The minimum Gasteiger partial charge on any atom is -0.380 e. The quantitative estimate of drug-likeness (QED) is 0.646. The second kappa shape index (κ2) is 9.82. The highest BCUT2D eigenvalue weighted by molar-refractivity contribution is 5.27.